The third kappa shape index (κ3) is 2.36. The van der Waals surface area contributed by atoms with Crippen LogP contribution in [-0.2, 0) is 11.3 Å². The summed E-state index contributed by atoms with van der Waals surface area (Å²) in [5.74, 6) is 0.968. The smallest absolute Gasteiger partial charge is 0.142 e. The van der Waals surface area contributed by atoms with Crippen LogP contribution in [-0.4, -0.2) is 50.5 Å². The lowest BCUT2D eigenvalue weighted by molar-refractivity contribution is 0.0273. The fourth-order valence-electron chi connectivity index (χ4n) is 2.75. The average Bonchev–Trinajstić information content (AvgIpc) is 3.18. The zero-order valence-electron chi connectivity index (χ0n) is 11.5. The van der Waals surface area contributed by atoms with E-state index in [-0.39, 0.29) is 6.10 Å². The largest absolute Gasteiger partial charge is 0.373 e. The van der Waals surface area contributed by atoms with E-state index in [1.54, 1.807) is 12.5 Å². The van der Waals surface area contributed by atoms with Crippen molar-refractivity contribution in [2.24, 2.45) is 0 Å². The molecule has 0 bridgehead atoms. The Morgan fingerprint density at radius 1 is 1.38 bits per heavy atom. The quantitative estimate of drug-likeness (QED) is 0.778. The molecule has 7 nitrogen and oxygen atoms in total. The van der Waals surface area contributed by atoms with Crippen molar-refractivity contribution in [1.82, 2.24) is 24.7 Å². The normalized spacial score (nSPS) is 19.2. The summed E-state index contributed by atoms with van der Waals surface area (Å²) in [6.45, 7) is 3.09. The number of rotatable bonds is 3. The molecule has 4 rings (SSSR count). The molecule has 3 aromatic rings. The standard InChI is InChI=1S/C14H16N6O/c1-3-18-20(5-1)9-11-8-19(6-7-21-11)14-12-2-4-15-13(12)16-10-17-14/h1-5,10-11H,6-9H2,(H,15,16,17)/t11-/m0/s1. The van der Waals surface area contributed by atoms with Gasteiger partial charge in [-0.25, -0.2) is 9.97 Å². The van der Waals surface area contributed by atoms with Crippen molar-refractivity contribution in [1.29, 1.82) is 0 Å². The van der Waals surface area contributed by atoms with Crippen molar-refractivity contribution < 1.29 is 4.74 Å². The second-order valence-electron chi connectivity index (χ2n) is 5.10. The Labute approximate surface area is 121 Å². The lowest BCUT2D eigenvalue weighted by Gasteiger charge is -2.33. The van der Waals surface area contributed by atoms with E-state index in [2.05, 4.69) is 25.0 Å². The number of hydrogen-bond acceptors (Lipinski definition) is 5. The first kappa shape index (κ1) is 12.3. The summed E-state index contributed by atoms with van der Waals surface area (Å²) in [6, 6.07) is 3.94. The Morgan fingerprint density at radius 3 is 3.29 bits per heavy atom. The summed E-state index contributed by atoms with van der Waals surface area (Å²) in [6.07, 6.45) is 7.35. The van der Waals surface area contributed by atoms with Crippen LogP contribution >= 0.6 is 0 Å². The zero-order chi connectivity index (χ0) is 14.1. The monoisotopic (exact) mass is 284 g/mol. The lowest BCUT2D eigenvalue weighted by atomic mass is 10.2. The maximum atomic E-state index is 5.84. The van der Waals surface area contributed by atoms with Crippen LogP contribution in [0.25, 0.3) is 11.0 Å². The number of H-pyrrole nitrogens is 1. The number of anilines is 1. The van der Waals surface area contributed by atoms with Gasteiger partial charge in [0.05, 0.1) is 24.6 Å². The second kappa shape index (κ2) is 5.17. The van der Waals surface area contributed by atoms with E-state index in [1.807, 2.05) is 29.2 Å². The van der Waals surface area contributed by atoms with Crippen LogP contribution in [0.2, 0.25) is 0 Å². The van der Waals surface area contributed by atoms with E-state index in [0.717, 1.165) is 36.5 Å². The van der Waals surface area contributed by atoms with Crippen LogP contribution in [0.15, 0.2) is 37.1 Å². The molecule has 1 fully saturated rings. The molecule has 0 aliphatic carbocycles. The summed E-state index contributed by atoms with van der Waals surface area (Å²) >= 11 is 0. The highest BCUT2D eigenvalue weighted by Crippen LogP contribution is 2.23. The van der Waals surface area contributed by atoms with Crippen molar-refractivity contribution in [2.45, 2.75) is 12.6 Å². The van der Waals surface area contributed by atoms with Gasteiger partial charge in [0, 0.05) is 31.7 Å². The van der Waals surface area contributed by atoms with Crippen LogP contribution in [0.4, 0.5) is 5.82 Å². The number of aromatic amines is 1. The summed E-state index contributed by atoms with van der Waals surface area (Å²) in [5.41, 5.74) is 0.870. The summed E-state index contributed by atoms with van der Waals surface area (Å²) < 4.78 is 7.75. The van der Waals surface area contributed by atoms with Gasteiger partial charge in [0.1, 0.15) is 17.8 Å². The lowest BCUT2D eigenvalue weighted by Crippen LogP contribution is -2.44. The molecule has 1 atom stereocenters. The molecule has 1 saturated heterocycles. The van der Waals surface area contributed by atoms with Gasteiger partial charge < -0.3 is 14.6 Å². The molecule has 21 heavy (non-hydrogen) atoms. The third-order valence-corrected chi connectivity index (χ3v) is 3.72. The van der Waals surface area contributed by atoms with Crippen molar-refractivity contribution in [3.8, 4) is 0 Å². The average molecular weight is 284 g/mol. The predicted molar refractivity (Wildman–Crippen MR) is 78.1 cm³/mol. The van der Waals surface area contributed by atoms with Crippen LogP contribution in [0.1, 0.15) is 0 Å². The number of morpholine rings is 1. The highest BCUT2D eigenvalue weighted by atomic mass is 16.5. The van der Waals surface area contributed by atoms with Crippen molar-refractivity contribution >= 4 is 16.9 Å². The summed E-state index contributed by atoms with van der Waals surface area (Å²) in [7, 11) is 0. The van der Waals surface area contributed by atoms with E-state index in [1.165, 1.54) is 0 Å². The van der Waals surface area contributed by atoms with Crippen molar-refractivity contribution in [3.63, 3.8) is 0 Å². The van der Waals surface area contributed by atoms with Crippen LogP contribution in [0.5, 0.6) is 0 Å². The van der Waals surface area contributed by atoms with E-state index >= 15 is 0 Å². The minimum atomic E-state index is 0.114. The number of fused-ring (bicyclic) bond motifs is 1. The van der Waals surface area contributed by atoms with Gasteiger partial charge in [0.25, 0.3) is 0 Å². The molecule has 0 radical (unpaired) electrons. The Morgan fingerprint density at radius 2 is 2.38 bits per heavy atom. The number of nitrogens with one attached hydrogen (secondary N) is 1. The first-order valence-corrected chi connectivity index (χ1v) is 7.02. The molecule has 0 aromatic carbocycles. The molecular formula is C14H16N6O. The van der Waals surface area contributed by atoms with E-state index < -0.39 is 0 Å². The van der Waals surface area contributed by atoms with E-state index in [9.17, 15) is 0 Å². The molecule has 0 saturated carbocycles. The second-order valence-corrected chi connectivity index (χ2v) is 5.10. The van der Waals surface area contributed by atoms with Gasteiger partial charge in [0.2, 0.25) is 0 Å². The predicted octanol–water partition coefficient (Wildman–Crippen LogP) is 1.06. The highest BCUT2D eigenvalue weighted by molar-refractivity contribution is 5.87. The van der Waals surface area contributed by atoms with Crippen LogP contribution < -0.4 is 4.90 Å². The zero-order valence-corrected chi connectivity index (χ0v) is 11.5. The molecule has 0 amide bonds. The fourth-order valence-corrected chi connectivity index (χ4v) is 2.75. The minimum Gasteiger partial charge on any atom is -0.373 e. The van der Waals surface area contributed by atoms with Gasteiger partial charge in [-0.15, -0.1) is 0 Å². The van der Waals surface area contributed by atoms with Crippen molar-refractivity contribution in [3.05, 3.63) is 37.1 Å². The molecular weight excluding hydrogens is 268 g/mol. The molecule has 0 spiro atoms. The van der Waals surface area contributed by atoms with Crippen LogP contribution in [0, 0.1) is 0 Å². The third-order valence-electron chi connectivity index (χ3n) is 3.72. The van der Waals surface area contributed by atoms with Gasteiger partial charge >= 0.3 is 0 Å². The summed E-state index contributed by atoms with van der Waals surface area (Å²) in [5, 5.41) is 5.29. The maximum absolute atomic E-state index is 5.84. The first-order chi connectivity index (χ1) is 10.4. The fraction of sp³-hybridized carbons (Fsp3) is 0.357. The van der Waals surface area contributed by atoms with Gasteiger partial charge in [0.15, 0.2) is 0 Å². The Kier molecular flexibility index (Phi) is 3.04. The number of hydrogen-bond donors (Lipinski definition) is 1. The summed E-state index contributed by atoms with van der Waals surface area (Å²) in [4.78, 5) is 14.1. The molecule has 7 heteroatoms. The maximum Gasteiger partial charge on any atom is 0.142 e. The molecule has 1 N–H and O–H groups in total. The van der Waals surface area contributed by atoms with Gasteiger partial charge in [-0.1, -0.05) is 0 Å². The highest BCUT2D eigenvalue weighted by Gasteiger charge is 2.23. The SMILES string of the molecule is c1cnn(C[C@@H]2CN(c3ncnc4[nH]ccc34)CCO2)c1. The van der Waals surface area contributed by atoms with E-state index in [0.29, 0.717) is 6.61 Å². The van der Waals surface area contributed by atoms with Crippen LogP contribution in [0.3, 0.4) is 0 Å². The van der Waals surface area contributed by atoms with Crippen molar-refractivity contribution in [2.75, 3.05) is 24.6 Å². The minimum absolute atomic E-state index is 0.114. The Bertz CT molecular complexity index is 722. The topological polar surface area (TPSA) is 71.9 Å². The molecule has 4 heterocycles. The molecule has 3 aromatic heterocycles. The Hall–Kier alpha value is -2.41. The molecule has 1 aliphatic rings. The number of nitrogens with zero attached hydrogens (tertiary/aromatic N) is 5. The molecule has 1 aliphatic heterocycles. The number of aromatic nitrogens is 5. The first-order valence-electron chi connectivity index (χ1n) is 7.02. The van der Waals surface area contributed by atoms with Gasteiger partial charge in [-0.05, 0) is 12.1 Å². The van der Waals surface area contributed by atoms with Gasteiger partial charge in [-0.2, -0.15) is 5.10 Å². The van der Waals surface area contributed by atoms with E-state index in [4.69, 9.17) is 4.74 Å². The Balaban J connectivity index is 1.56. The van der Waals surface area contributed by atoms with Gasteiger partial charge in [-0.3, -0.25) is 4.68 Å². The number of ether oxygens (including phenoxy) is 1. The molecule has 0 unspecified atom stereocenters. The molecule has 108 valence electrons.